The molecule has 6 nitrogen and oxygen atoms in total. The highest BCUT2D eigenvalue weighted by Gasteiger charge is 2.09. The van der Waals surface area contributed by atoms with Crippen LogP contribution in [0.4, 0.5) is 0 Å². The van der Waals surface area contributed by atoms with Crippen LogP contribution >= 0.6 is 22.7 Å². The molecule has 8 heteroatoms. The highest BCUT2D eigenvalue weighted by Crippen LogP contribution is 2.30. The highest BCUT2D eigenvalue weighted by molar-refractivity contribution is 7.16. The molecule has 4 aromatic rings. The van der Waals surface area contributed by atoms with Gasteiger partial charge in [-0.15, -0.1) is 22.7 Å². The third-order valence-corrected chi connectivity index (χ3v) is 7.51. The predicted octanol–water partition coefficient (Wildman–Crippen LogP) is 7.35. The molecule has 184 valence electrons. The van der Waals surface area contributed by atoms with Gasteiger partial charge in [-0.2, -0.15) is 10.5 Å². The number of thiophene rings is 2. The fourth-order valence-electron chi connectivity index (χ4n) is 3.56. The van der Waals surface area contributed by atoms with Gasteiger partial charge in [-0.25, -0.2) is 0 Å². The van der Waals surface area contributed by atoms with Crippen molar-refractivity contribution in [3.8, 4) is 44.5 Å². The summed E-state index contributed by atoms with van der Waals surface area (Å²) in [7, 11) is 0. The number of nitriles is 2. The van der Waals surface area contributed by atoms with Gasteiger partial charge in [0.15, 0.2) is 0 Å². The second kappa shape index (κ2) is 12.6. The van der Waals surface area contributed by atoms with E-state index in [1.165, 1.54) is 22.7 Å². The number of benzene rings is 2. The largest absolute Gasteiger partial charge is 0.427 e. The van der Waals surface area contributed by atoms with Crippen LogP contribution in [-0.2, 0) is 9.59 Å². The summed E-state index contributed by atoms with van der Waals surface area (Å²) in [6.45, 7) is 0. The lowest BCUT2D eigenvalue weighted by atomic mass is 10.1. The molecule has 4 rings (SSSR count). The van der Waals surface area contributed by atoms with Gasteiger partial charge >= 0.3 is 11.9 Å². The van der Waals surface area contributed by atoms with Gasteiger partial charge in [0.1, 0.15) is 33.4 Å². The van der Waals surface area contributed by atoms with Crippen LogP contribution in [0.1, 0.15) is 41.9 Å². The van der Waals surface area contributed by atoms with Gasteiger partial charge in [-0.1, -0.05) is 6.42 Å². The Bertz CT molecular complexity index is 1340. The van der Waals surface area contributed by atoms with Crippen LogP contribution in [-0.4, -0.2) is 11.9 Å². The van der Waals surface area contributed by atoms with Crippen molar-refractivity contribution in [3.63, 3.8) is 0 Å². The van der Waals surface area contributed by atoms with Gasteiger partial charge < -0.3 is 9.47 Å². The van der Waals surface area contributed by atoms with E-state index < -0.39 is 0 Å². The van der Waals surface area contributed by atoms with Gasteiger partial charge in [0.25, 0.3) is 0 Å². The molecule has 0 atom stereocenters. The minimum atomic E-state index is -0.314. The van der Waals surface area contributed by atoms with E-state index in [0.29, 0.717) is 40.5 Å². The van der Waals surface area contributed by atoms with Gasteiger partial charge in [-0.3, -0.25) is 9.59 Å². The van der Waals surface area contributed by atoms with Crippen molar-refractivity contribution in [3.05, 3.63) is 82.6 Å². The molecule has 0 aliphatic rings. The average molecular weight is 527 g/mol. The van der Waals surface area contributed by atoms with Crippen LogP contribution < -0.4 is 9.47 Å². The molecule has 0 unspecified atom stereocenters. The number of carbonyl (C=O) groups excluding carboxylic acids is 2. The summed E-state index contributed by atoms with van der Waals surface area (Å²) in [6.07, 6.45) is 2.49. The molecular weight excluding hydrogens is 504 g/mol. The van der Waals surface area contributed by atoms with E-state index in [0.717, 1.165) is 20.9 Å². The summed E-state index contributed by atoms with van der Waals surface area (Å²) < 4.78 is 10.8. The lowest BCUT2D eigenvalue weighted by molar-refractivity contribution is -0.134. The van der Waals surface area contributed by atoms with Crippen LogP contribution in [0.3, 0.4) is 0 Å². The minimum Gasteiger partial charge on any atom is -0.427 e. The molecular formula is C29H22N2O4S2. The van der Waals surface area contributed by atoms with E-state index in [9.17, 15) is 9.59 Å². The number of esters is 2. The zero-order valence-electron chi connectivity index (χ0n) is 19.8. The summed E-state index contributed by atoms with van der Waals surface area (Å²) >= 11 is 2.83. The molecule has 2 heterocycles. The Morgan fingerprint density at radius 1 is 0.595 bits per heavy atom. The molecule has 0 saturated carbocycles. The molecule has 2 aromatic carbocycles. The maximum absolute atomic E-state index is 12.1. The Morgan fingerprint density at radius 2 is 1.00 bits per heavy atom. The fraction of sp³-hybridized carbons (Fsp3) is 0.172. The Hall–Kier alpha value is -4.24. The Morgan fingerprint density at radius 3 is 1.35 bits per heavy atom. The number of hydrogen-bond acceptors (Lipinski definition) is 8. The predicted molar refractivity (Wildman–Crippen MR) is 143 cm³/mol. The molecule has 0 amide bonds. The third kappa shape index (κ3) is 7.37. The van der Waals surface area contributed by atoms with E-state index in [4.69, 9.17) is 20.0 Å². The lowest BCUT2D eigenvalue weighted by Gasteiger charge is -2.06. The first-order chi connectivity index (χ1) is 18.0. The first-order valence-corrected chi connectivity index (χ1v) is 13.3. The average Bonchev–Trinajstić information content (AvgIpc) is 3.59. The number of carbonyl (C=O) groups is 2. The van der Waals surface area contributed by atoms with E-state index in [1.807, 2.05) is 36.4 Å². The van der Waals surface area contributed by atoms with E-state index in [1.54, 1.807) is 36.4 Å². The molecule has 0 bridgehead atoms. The van der Waals surface area contributed by atoms with Crippen molar-refractivity contribution < 1.29 is 19.1 Å². The summed E-state index contributed by atoms with van der Waals surface area (Å²) in [6, 6.07) is 26.0. The van der Waals surface area contributed by atoms with Crippen LogP contribution in [0.25, 0.3) is 20.9 Å². The quantitative estimate of drug-likeness (QED) is 0.122. The number of hydrogen-bond donors (Lipinski definition) is 0. The van der Waals surface area contributed by atoms with Gasteiger partial charge in [0, 0.05) is 22.6 Å². The van der Waals surface area contributed by atoms with E-state index >= 15 is 0 Å². The third-order valence-electron chi connectivity index (χ3n) is 5.44. The maximum Gasteiger partial charge on any atom is 0.311 e. The molecule has 0 spiro atoms. The number of nitrogens with zero attached hydrogens (tertiary/aromatic N) is 2. The standard InChI is InChI=1S/C29H22N2O4S2/c30-18-24-14-16-26(36-24)20-6-10-22(11-7-20)34-28(32)4-2-1-3-5-29(33)35-23-12-8-21(9-13-23)27-17-15-25(19-31)37-27/h6-17H,1-5H2. The first-order valence-electron chi connectivity index (χ1n) is 11.7. The summed E-state index contributed by atoms with van der Waals surface area (Å²) in [5.74, 6) is 0.326. The zero-order chi connectivity index (χ0) is 26.0. The molecule has 0 radical (unpaired) electrons. The Balaban J connectivity index is 1.12. The summed E-state index contributed by atoms with van der Waals surface area (Å²) in [4.78, 5) is 27.5. The van der Waals surface area contributed by atoms with Crippen LogP contribution in [0.2, 0.25) is 0 Å². The van der Waals surface area contributed by atoms with Crippen molar-refractivity contribution in [1.29, 1.82) is 10.5 Å². The molecule has 2 aromatic heterocycles. The van der Waals surface area contributed by atoms with Crippen molar-refractivity contribution in [2.24, 2.45) is 0 Å². The first kappa shape index (κ1) is 25.8. The second-order valence-electron chi connectivity index (χ2n) is 8.11. The summed E-state index contributed by atoms with van der Waals surface area (Å²) in [5, 5.41) is 17.9. The SMILES string of the molecule is N#Cc1ccc(-c2ccc(OC(=O)CCCCCC(=O)Oc3ccc(-c4ccc(C#N)s4)cc3)cc2)s1. The van der Waals surface area contributed by atoms with Crippen LogP contribution in [0.5, 0.6) is 11.5 Å². The molecule has 0 N–H and O–H groups in total. The fourth-order valence-corrected chi connectivity index (χ4v) is 5.18. The minimum absolute atomic E-state index is 0.269. The molecule has 37 heavy (non-hydrogen) atoms. The van der Waals surface area contributed by atoms with E-state index in [-0.39, 0.29) is 24.8 Å². The molecule has 0 aliphatic heterocycles. The number of ether oxygens (including phenoxy) is 2. The number of unbranched alkanes of at least 4 members (excludes halogenated alkanes) is 2. The van der Waals surface area contributed by atoms with Crippen molar-refractivity contribution in [2.75, 3.05) is 0 Å². The monoisotopic (exact) mass is 526 g/mol. The zero-order valence-corrected chi connectivity index (χ0v) is 21.4. The maximum atomic E-state index is 12.1. The topological polar surface area (TPSA) is 100 Å². The van der Waals surface area contributed by atoms with E-state index in [2.05, 4.69) is 12.1 Å². The Labute approximate surface area is 223 Å². The van der Waals surface area contributed by atoms with Crippen molar-refractivity contribution >= 4 is 34.6 Å². The lowest BCUT2D eigenvalue weighted by Crippen LogP contribution is -2.09. The molecule has 0 aliphatic carbocycles. The van der Waals surface area contributed by atoms with Gasteiger partial charge in [0.2, 0.25) is 0 Å². The second-order valence-corrected chi connectivity index (χ2v) is 10.3. The van der Waals surface area contributed by atoms with Crippen molar-refractivity contribution in [2.45, 2.75) is 32.1 Å². The molecule has 0 saturated heterocycles. The highest BCUT2D eigenvalue weighted by atomic mass is 32.1. The molecule has 0 fully saturated rings. The number of rotatable bonds is 10. The Kier molecular flexibility index (Phi) is 8.83. The van der Waals surface area contributed by atoms with Crippen LogP contribution in [0, 0.1) is 22.7 Å². The van der Waals surface area contributed by atoms with Crippen molar-refractivity contribution in [1.82, 2.24) is 0 Å². The summed E-state index contributed by atoms with van der Waals surface area (Å²) in [5.41, 5.74) is 1.93. The van der Waals surface area contributed by atoms with Gasteiger partial charge in [-0.05, 0) is 96.8 Å². The smallest absolute Gasteiger partial charge is 0.311 e. The van der Waals surface area contributed by atoms with Crippen LogP contribution in [0.15, 0.2) is 72.8 Å². The normalized spacial score (nSPS) is 10.3. The van der Waals surface area contributed by atoms with Gasteiger partial charge in [0.05, 0.1) is 0 Å².